The highest BCUT2D eigenvalue weighted by atomic mass is 19.4. The number of carbonyl (C=O) groups excluding carboxylic acids is 1. The molecule has 0 saturated carbocycles. The van der Waals surface area contributed by atoms with Crippen LogP contribution < -0.4 is 5.32 Å². The number of carbonyl (C=O) groups is 1. The Morgan fingerprint density at radius 1 is 1.17 bits per heavy atom. The summed E-state index contributed by atoms with van der Waals surface area (Å²) < 4.78 is 61.6. The normalized spacial score (nSPS) is 11.6. The predicted molar refractivity (Wildman–Crippen MR) is 54.0 cm³/mol. The van der Waals surface area contributed by atoms with E-state index in [2.05, 4.69) is 0 Å². The van der Waals surface area contributed by atoms with Gasteiger partial charge in [0.25, 0.3) is 0 Å². The van der Waals surface area contributed by atoms with E-state index in [1.54, 1.807) is 0 Å². The summed E-state index contributed by atoms with van der Waals surface area (Å²) in [5.41, 5.74) is -0.434. The lowest BCUT2D eigenvalue weighted by Gasteiger charge is -2.08. The van der Waals surface area contributed by atoms with Crippen LogP contribution in [0.15, 0.2) is 18.2 Å². The van der Waals surface area contributed by atoms with Crippen LogP contribution in [-0.4, -0.2) is 25.0 Å². The maximum Gasteiger partial charge on any atom is 0.401 e. The first-order chi connectivity index (χ1) is 8.29. The summed E-state index contributed by atoms with van der Waals surface area (Å²) in [5, 5.41) is 1.86. The first kappa shape index (κ1) is 14.6. The third-order valence-electron chi connectivity index (χ3n) is 2.08. The van der Waals surface area contributed by atoms with Crippen molar-refractivity contribution in [3.8, 4) is 0 Å². The van der Waals surface area contributed by atoms with Crippen molar-refractivity contribution in [3.05, 3.63) is 35.4 Å². The molecule has 0 aliphatic rings. The van der Waals surface area contributed by atoms with Crippen LogP contribution >= 0.6 is 0 Å². The molecule has 0 amide bonds. The van der Waals surface area contributed by atoms with Gasteiger partial charge in [0.2, 0.25) is 0 Å². The second kappa shape index (κ2) is 5.90. The highest BCUT2D eigenvalue weighted by molar-refractivity contribution is 5.82. The zero-order valence-corrected chi connectivity index (χ0v) is 9.15. The van der Waals surface area contributed by atoms with E-state index in [0.717, 1.165) is 18.2 Å². The molecule has 0 saturated heterocycles. The summed E-state index contributed by atoms with van der Waals surface area (Å²) in [7, 11) is 0. The maximum atomic E-state index is 13.1. The van der Waals surface area contributed by atoms with Gasteiger partial charge in [-0.05, 0) is 12.1 Å². The molecule has 0 radical (unpaired) electrons. The number of benzene rings is 1. The van der Waals surface area contributed by atoms with Gasteiger partial charge in [-0.1, -0.05) is 6.07 Å². The number of hydrogen-bond donors (Lipinski definition) is 1. The van der Waals surface area contributed by atoms with Gasteiger partial charge in [-0.25, -0.2) is 8.78 Å². The number of rotatable bonds is 5. The fourth-order valence-corrected chi connectivity index (χ4v) is 1.30. The molecule has 0 spiro atoms. The lowest BCUT2D eigenvalue weighted by molar-refractivity contribution is -0.127. The average molecular weight is 267 g/mol. The minimum Gasteiger partial charge on any atom is -0.302 e. The Morgan fingerprint density at radius 3 is 2.22 bits per heavy atom. The molecular weight excluding hydrogens is 257 g/mol. The summed E-state index contributed by atoms with van der Waals surface area (Å²) in [6.45, 7) is -1.91. The Morgan fingerprint density at radius 2 is 1.72 bits per heavy atom. The molecule has 0 bridgehead atoms. The molecule has 0 heterocycles. The molecule has 1 rings (SSSR count). The summed E-state index contributed by atoms with van der Waals surface area (Å²) in [5.74, 6) is -2.50. The predicted octanol–water partition coefficient (Wildman–Crippen LogP) is 2.23. The summed E-state index contributed by atoms with van der Waals surface area (Å²) in [4.78, 5) is 11.2. The Kier molecular flexibility index (Phi) is 4.77. The lowest BCUT2D eigenvalue weighted by atomic mass is 10.1. The summed E-state index contributed by atoms with van der Waals surface area (Å²) in [6, 6.07) is 3.10. The van der Waals surface area contributed by atoms with Gasteiger partial charge < -0.3 is 5.32 Å². The van der Waals surface area contributed by atoms with Crippen molar-refractivity contribution in [2.45, 2.75) is 12.6 Å². The van der Waals surface area contributed by atoms with Crippen molar-refractivity contribution < 1.29 is 26.7 Å². The molecule has 1 aromatic carbocycles. The van der Waals surface area contributed by atoms with Crippen molar-refractivity contribution in [1.29, 1.82) is 0 Å². The molecule has 1 aromatic rings. The number of alkyl halides is 3. The molecule has 0 unspecified atom stereocenters. The number of Topliss-reactive ketones (excluding diaryl/α,β-unsaturated/α-hetero) is 1. The molecular formula is C11H10F5NO. The van der Waals surface area contributed by atoms with Gasteiger partial charge in [-0.15, -0.1) is 0 Å². The van der Waals surface area contributed by atoms with Crippen LogP contribution in [0, 0.1) is 11.6 Å². The zero-order valence-electron chi connectivity index (χ0n) is 9.15. The van der Waals surface area contributed by atoms with Gasteiger partial charge in [0, 0.05) is 12.0 Å². The van der Waals surface area contributed by atoms with Gasteiger partial charge >= 0.3 is 6.18 Å². The topological polar surface area (TPSA) is 29.1 Å². The van der Waals surface area contributed by atoms with Crippen LogP contribution in [0.5, 0.6) is 0 Å². The van der Waals surface area contributed by atoms with Crippen molar-refractivity contribution in [1.82, 2.24) is 5.32 Å². The fourth-order valence-electron chi connectivity index (χ4n) is 1.30. The molecule has 0 aliphatic heterocycles. The Bertz CT molecular complexity index is 410. The summed E-state index contributed by atoms with van der Waals surface area (Å²) in [6.07, 6.45) is -5.01. The van der Waals surface area contributed by atoms with E-state index in [0.29, 0.717) is 0 Å². The first-order valence-electron chi connectivity index (χ1n) is 5.01. The molecule has 18 heavy (non-hydrogen) atoms. The Labute approximate surface area is 99.8 Å². The van der Waals surface area contributed by atoms with E-state index in [9.17, 15) is 26.7 Å². The second-order valence-electron chi connectivity index (χ2n) is 3.63. The first-order valence-corrected chi connectivity index (χ1v) is 5.01. The third-order valence-corrected chi connectivity index (χ3v) is 2.08. The molecule has 100 valence electrons. The molecule has 1 N–H and O–H groups in total. The van der Waals surface area contributed by atoms with Crippen LogP contribution in [0.2, 0.25) is 0 Å². The SMILES string of the molecule is O=C(CNCC(F)(F)F)Cc1c(F)cccc1F. The highest BCUT2D eigenvalue weighted by Crippen LogP contribution is 2.13. The lowest BCUT2D eigenvalue weighted by Crippen LogP contribution is -2.33. The van der Waals surface area contributed by atoms with E-state index in [1.165, 1.54) is 0 Å². The largest absolute Gasteiger partial charge is 0.401 e. The third kappa shape index (κ3) is 4.79. The number of halogens is 5. The summed E-state index contributed by atoms with van der Waals surface area (Å²) >= 11 is 0. The number of nitrogens with one attached hydrogen (secondary N) is 1. The minimum absolute atomic E-state index is 0.434. The number of ketones is 1. The van der Waals surface area contributed by atoms with Gasteiger partial charge in [0.1, 0.15) is 11.6 Å². The van der Waals surface area contributed by atoms with Crippen LogP contribution in [0.25, 0.3) is 0 Å². The highest BCUT2D eigenvalue weighted by Gasteiger charge is 2.26. The maximum absolute atomic E-state index is 13.1. The second-order valence-corrected chi connectivity index (χ2v) is 3.63. The van der Waals surface area contributed by atoms with E-state index >= 15 is 0 Å². The molecule has 0 fully saturated rings. The quantitative estimate of drug-likeness (QED) is 0.829. The van der Waals surface area contributed by atoms with Gasteiger partial charge in [-0.3, -0.25) is 4.79 Å². The Balaban J connectivity index is 2.50. The minimum atomic E-state index is -4.43. The van der Waals surface area contributed by atoms with Gasteiger partial charge in [0.05, 0.1) is 13.1 Å². The van der Waals surface area contributed by atoms with Crippen LogP contribution in [0.1, 0.15) is 5.56 Å². The van der Waals surface area contributed by atoms with Crippen molar-refractivity contribution >= 4 is 5.78 Å². The van der Waals surface area contributed by atoms with Crippen LogP contribution in [0.3, 0.4) is 0 Å². The van der Waals surface area contributed by atoms with Gasteiger partial charge in [0.15, 0.2) is 5.78 Å². The Hall–Kier alpha value is -1.50. The van der Waals surface area contributed by atoms with Gasteiger partial charge in [-0.2, -0.15) is 13.2 Å². The van der Waals surface area contributed by atoms with E-state index < -0.39 is 48.7 Å². The number of hydrogen-bond acceptors (Lipinski definition) is 2. The van der Waals surface area contributed by atoms with Crippen LogP contribution in [0.4, 0.5) is 22.0 Å². The van der Waals surface area contributed by atoms with Crippen LogP contribution in [-0.2, 0) is 11.2 Å². The molecule has 0 aliphatic carbocycles. The van der Waals surface area contributed by atoms with Crippen molar-refractivity contribution in [2.75, 3.05) is 13.1 Å². The average Bonchev–Trinajstić information content (AvgIpc) is 2.22. The molecule has 0 atom stereocenters. The molecule has 2 nitrogen and oxygen atoms in total. The van der Waals surface area contributed by atoms with Crippen molar-refractivity contribution in [2.24, 2.45) is 0 Å². The van der Waals surface area contributed by atoms with E-state index in [1.807, 2.05) is 5.32 Å². The van der Waals surface area contributed by atoms with E-state index in [4.69, 9.17) is 0 Å². The molecule has 0 aromatic heterocycles. The monoisotopic (exact) mass is 267 g/mol. The van der Waals surface area contributed by atoms with Crippen molar-refractivity contribution in [3.63, 3.8) is 0 Å². The van der Waals surface area contributed by atoms with E-state index in [-0.39, 0.29) is 0 Å². The molecule has 7 heteroatoms. The standard InChI is InChI=1S/C11H10F5NO/c12-9-2-1-3-10(13)8(9)4-7(18)5-17-6-11(14,15)16/h1-3,17H,4-6H2. The zero-order chi connectivity index (χ0) is 13.8. The fraction of sp³-hybridized carbons (Fsp3) is 0.364. The smallest absolute Gasteiger partial charge is 0.302 e.